The molecule has 1 unspecified atom stereocenters. The molecule has 0 fully saturated rings. The highest BCUT2D eigenvalue weighted by Gasteiger charge is 2.17. The third-order valence-corrected chi connectivity index (χ3v) is 2.35. The van der Waals surface area contributed by atoms with E-state index in [4.69, 9.17) is 0 Å². The van der Waals surface area contributed by atoms with Gasteiger partial charge in [-0.25, -0.2) is 8.78 Å². The van der Waals surface area contributed by atoms with E-state index in [0.717, 1.165) is 12.8 Å². The Morgan fingerprint density at radius 3 is 2.45 bits per heavy atom. The number of unbranched alkanes of at least 4 members (excludes halogenated alkanes) is 2. The molecule has 1 atom stereocenters. The van der Waals surface area contributed by atoms with Gasteiger partial charge in [-0.3, -0.25) is 0 Å². The van der Waals surface area contributed by atoms with Crippen LogP contribution in [0.5, 0.6) is 0 Å². The van der Waals surface area contributed by atoms with Crippen molar-refractivity contribution < 1.29 is 8.78 Å². The van der Waals surface area contributed by atoms with E-state index in [1.54, 1.807) is 0 Å². The summed E-state index contributed by atoms with van der Waals surface area (Å²) in [4.78, 5) is 0. The second kappa shape index (κ2) is 7.01. The van der Waals surface area contributed by atoms with E-state index in [2.05, 4.69) is 15.9 Å². The molecule has 0 aliphatic rings. The maximum atomic E-state index is 12.1. The van der Waals surface area contributed by atoms with Crippen LogP contribution in [0.3, 0.4) is 0 Å². The third-order valence-electron chi connectivity index (χ3n) is 1.52. The highest BCUT2D eigenvalue weighted by Crippen LogP contribution is 2.19. The van der Waals surface area contributed by atoms with Gasteiger partial charge in [-0.05, 0) is 12.8 Å². The Balaban J connectivity index is 3.36. The van der Waals surface area contributed by atoms with Crippen molar-refractivity contribution in [2.24, 2.45) is 5.92 Å². The summed E-state index contributed by atoms with van der Waals surface area (Å²) in [6.45, 7) is 2.04. The van der Waals surface area contributed by atoms with Crippen molar-refractivity contribution in [1.82, 2.24) is 0 Å². The summed E-state index contributed by atoms with van der Waals surface area (Å²) < 4.78 is 24.2. The van der Waals surface area contributed by atoms with Crippen molar-refractivity contribution in [1.29, 1.82) is 0 Å². The fraction of sp³-hybridized carbons (Fsp3) is 0.875. The number of hydrogen-bond donors (Lipinski definition) is 0. The Labute approximate surface area is 75.5 Å². The molecule has 0 bridgehead atoms. The van der Waals surface area contributed by atoms with Crippen molar-refractivity contribution in [3.8, 4) is 0 Å². The van der Waals surface area contributed by atoms with Crippen LogP contribution in [-0.4, -0.2) is 11.8 Å². The zero-order chi connectivity index (χ0) is 8.69. The van der Waals surface area contributed by atoms with Gasteiger partial charge in [0.25, 0.3) is 0 Å². The molecule has 0 saturated heterocycles. The van der Waals surface area contributed by atoms with E-state index >= 15 is 0 Å². The van der Waals surface area contributed by atoms with Gasteiger partial charge in [-0.2, -0.15) is 0 Å². The number of halogens is 3. The summed E-state index contributed by atoms with van der Waals surface area (Å²) >= 11 is 3.07. The number of rotatable bonds is 6. The third kappa shape index (κ3) is 5.59. The Kier molecular flexibility index (Phi) is 7.23. The molecule has 0 spiro atoms. The zero-order valence-corrected chi connectivity index (χ0v) is 8.28. The van der Waals surface area contributed by atoms with Crippen LogP contribution in [-0.2, 0) is 0 Å². The normalized spacial score (nSPS) is 13.9. The zero-order valence-electron chi connectivity index (χ0n) is 6.69. The average Bonchev–Trinajstić information content (AvgIpc) is 1.97. The molecule has 11 heavy (non-hydrogen) atoms. The lowest BCUT2D eigenvalue weighted by molar-refractivity contribution is 0.0886. The van der Waals surface area contributed by atoms with Gasteiger partial charge in [0, 0.05) is 11.2 Å². The monoisotopic (exact) mass is 227 g/mol. The van der Waals surface area contributed by atoms with Gasteiger partial charge < -0.3 is 0 Å². The molecule has 1 radical (unpaired) electrons. The first-order valence-electron chi connectivity index (χ1n) is 3.88. The summed E-state index contributed by atoms with van der Waals surface area (Å²) in [5, 5.41) is 0.394. The first kappa shape index (κ1) is 11.3. The molecule has 0 rings (SSSR count). The second-order valence-corrected chi connectivity index (χ2v) is 3.21. The molecule has 0 N–H and O–H groups in total. The van der Waals surface area contributed by atoms with Gasteiger partial charge in [0.1, 0.15) is 0 Å². The first-order chi connectivity index (χ1) is 5.22. The van der Waals surface area contributed by atoms with Crippen molar-refractivity contribution in [3.63, 3.8) is 0 Å². The Bertz CT molecular complexity index is 86.2. The van der Waals surface area contributed by atoms with Crippen molar-refractivity contribution >= 4 is 15.9 Å². The maximum Gasteiger partial charge on any atom is 0.242 e. The quantitative estimate of drug-likeness (QED) is 0.480. The van der Waals surface area contributed by atoms with E-state index in [1.165, 1.54) is 0 Å². The molecule has 0 aliphatic heterocycles. The van der Waals surface area contributed by atoms with Crippen molar-refractivity contribution in [3.05, 3.63) is 6.42 Å². The summed E-state index contributed by atoms with van der Waals surface area (Å²) in [6.07, 6.45) is 2.26. The van der Waals surface area contributed by atoms with Gasteiger partial charge in [0.15, 0.2) is 0 Å². The largest absolute Gasteiger partial charge is 0.242 e. The average molecular weight is 228 g/mol. The summed E-state index contributed by atoms with van der Waals surface area (Å²) in [7, 11) is 0. The van der Waals surface area contributed by atoms with Gasteiger partial charge in [0.2, 0.25) is 6.43 Å². The Morgan fingerprint density at radius 2 is 2.09 bits per heavy atom. The first-order valence-corrected chi connectivity index (χ1v) is 5.00. The minimum Gasteiger partial charge on any atom is -0.210 e. The highest BCUT2D eigenvalue weighted by atomic mass is 79.9. The van der Waals surface area contributed by atoms with E-state index in [1.807, 2.05) is 13.3 Å². The standard InChI is InChI=1S/C8H14BrF2/c1-2-3-4-5-7(6-9)8(10)11/h4,7-8H,2-3,5-6H2,1H3. The second-order valence-electron chi connectivity index (χ2n) is 2.56. The lowest BCUT2D eigenvalue weighted by Crippen LogP contribution is -2.12. The molecule has 0 nitrogen and oxygen atoms in total. The molecule has 67 valence electrons. The Hall–Kier alpha value is 0.340. The number of alkyl halides is 3. The summed E-state index contributed by atoms with van der Waals surface area (Å²) in [6, 6.07) is 0. The van der Waals surface area contributed by atoms with Crippen LogP contribution < -0.4 is 0 Å². The van der Waals surface area contributed by atoms with E-state index in [9.17, 15) is 8.78 Å². The SMILES string of the molecule is CCC[CH]CC(CBr)C(F)F. The van der Waals surface area contributed by atoms with Gasteiger partial charge >= 0.3 is 0 Å². The number of hydrogen-bond acceptors (Lipinski definition) is 0. The van der Waals surface area contributed by atoms with Crippen LogP contribution >= 0.6 is 15.9 Å². The minimum atomic E-state index is -2.19. The smallest absolute Gasteiger partial charge is 0.210 e. The molecule has 0 aromatic carbocycles. The van der Waals surface area contributed by atoms with Crippen molar-refractivity contribution in [2.45, 2.75) is 32.6 Å². The molecule has 0 aliphatic carbocycles. The molecule has 0 saturated carbocycles. The van der Waals surface area contributed by atoms with E-state index < -0.39 is 12.3 Å². The van der Waals surface area contributed by atoms with Crippen LogP contribution in [0.25, 0.3) is 0 Å². The maximum absolute atomic E-state index is 12.1. The van der Waals surface area contributed by atoms with Gasteiger partial charge in [-0.15, -0.1) is 0 Å². The van der Waals surface area contributed by atoms with E-state index in [-0.39, 0.29) is 0 Å². The molecule has 0 heterocycles. The summed E-state index contributed by atoms with van der Waals surface area (Å²) in [5.74, 6) is -0.499. The fourth-order valence-electron chi connectivity index (χ4n) is 0.769. The lowest BCUT2D eigenvalue weighted by atomic mass is 10.0. The van der Waals surface area contributed by atoms with Gasteiger partial charge in [-0.1, -0.05) is 35.7 Å². The summed E-state index contributed by atoms with van der Waals surface area (Å²) in [5.41, 5.74) is 0. The van der Waals surface area contributed by atoms with Crippen LogP contribution in [0.2, 0.25) is 0 Å². The fourth-order valence-corrected chi connectivity index (χ4v) is 1.32. The van der Waals surface area contributed by atoms with E-state index in [0.29, 0.717) is 11.8 Å². The van der Waals surface area contributed by atoms with Crippen LogP contribution in [0, 0.1) is 12.3 Å². The van der Waals surface area contributed by atoms with Crippen molar-refractivity contribution in [2.75, 3.05) is 5.33 Å². The molecular formula is C8H14BrF2. The van der Waals surface area contributed by atoms with Crippen LogP contribution in [0.15, 0.2) is 0 Å². The molecule has 0 aromatic heterocycles. The molecular weight excluding hydrogens is 214 g/mol. The van der Waals surface area contributed by atoms with Crippen LogP contribution in [0.1, 0.15) is 26.2 Å². The minimum absolute atomic E-state index is 0.394. The highest BCUT2D eigenvalue weighted by molar-refractivity contribution is 9.09. The molecule has 0 aromatic rings. The van der Waals surface area contributed by atoms with Gasteiger partial charge in [0.05, 0.1) is 0 Å². The predicted octanol–water partition coefficient (Wildman–Crippen LogP) is 3.66. The molecule has 3 heteroatoms. The predicted molar refractivity (Wildman–Crippen MR) is 47.1 cm³/mol. The van der Waals surface area contributed by atoms with Crippen LogP contribution in [0.4, 0.5) is 8.78 Å². The topological polar surface area (TPSA) is 0 Å². The Morgan fingerprint density at radius 1 is 1.45 bits per heavy atom. The lowest BCUT2D eigenvalue weighted by Gasteiger charge is -2.11. The molecule has 0 amide bonds.